The average molecular weight is 463 g/mol. The molecule has 1 atom stereocenters. The van der Waals surface area contributed by atoms with Crippen molar-refractivity contribution in [3.05, 3.63) is 54.6 Å². The van der Waals surface area contributed by atoms with E-state index in [1.54, 1.807) is 17.0 Å². The minimum Gasteiger partial charge on any atom is -0.508 e. The van der Waals surface area contributed by atoms with Crippen molar-refractivity contribution in [2.24, 2.45) is 0 Å². The van der Waals surface area contributed by atoms with Crippen LogP contribution in [0.2, 0.25) is 0 Å². The van der Waals surface area contributed by atoms with Crippen LogP contribution in [0, 0.1) is 0 Å². The first-order valence-corrected chi connectivity index (χ1v) is 11.4. The maximum Gasteiger partial charge on any atom is 0.258 e. The minimum atomic E-state index is -0.397. The van der Waals surface area contributed by atoms with Crippen molar-refractivity contribution in [3.63, 3.8) is 0 Å². The molecular formula is C25H26N4O5. The first-order valence-electron chi connectivity index (χ1n) is 11.4. The van der Waals surface area contributed by atoms with Crippen molar-refractivity contribution in [1.82, 2.24) is 14.5 Å². The molecule has 0 aliphatic carbocycles. The van der Waals surface area contributed by atoms with Crippen molar-refractivity contribution >= 4 is 28.8 Å². The average Bonchev–Trinajstić information content (AvgIpc) is 3.04. The van der Waals surface area contributed by atoms with Gasteiger partial charge < -0.3 is 24.0 Å². The molecule has 9 heteroatoms. The highest BCUT2D eigenvalue weighted by Crippen LogP contribution is 2.41. The lowest BCUT2D eigenvalue weighted by Gasteiger charge is -2.27. The summed E-state index contributed by atoms with van der Waals surface area (Å²) in [7, 11) is 0. The van der Waals surface area contributed by atoms with E-state index in [1.807, 2.05) is 16.7 Å². The molecule has 2 amide bonds. The SMILES string of the molecule is C=CC(=O)N1CCCC[C@@H](n2c(NC(=O)c3cccc(O)c3)nc3ccc4c(c32)OCCO4)C1. The number of hydrogen-bond donors (Lipinski definition) is 2. The molecule has 5 rings (SSSR count). The fraction of sp³-hybridized carbons (Fsp3) is 0.320. The number of imidazole rings is 1. The Morgan fingerprint density at radius 3 is 2.85 bits per heavy atom. The Balaban J connectivity index is 1.62. The Labute approximate surface area is 196 Å². The number of likely N-dealkylation sites (tertiary alicyclic amines) is 1. The number of ether oxygens (including phenoxy) is 2. The van der Waals surface area contributed by atoms with Gasteiger partial charge in [-0.1, -0.05) is 12.6 Å². The lowest BCUT2D eigenvalue weighted by Crippen LogP contribution is -2.34. The molecular weight excluding hydrogens is 436 g/mol. The van der Waals surface area contributed by atoms with Crippen LogP contribution in [0.25, 0.3) is 11.0 Å². The van der Waals surface area contributed by atoms with E-state index in [2.05, 4.69) is 11.9 Å². The molecule has 2 aliphatic rings. The highest BCUT2D eigenvalue weighted by molar-refractivity contribution is 6.04. The Morgan fingerprint density at radius 1 is 1.18 bits per heavy atom. The second-order valence-corrected chi connectivity index (χ2v) is 8.41. The quantitative estimate of drug-likeness (QED) is 0.575. The number of rotatable bonds is 4. The van der Waals surface area contributed by atoms with Gasteiger partial charge in [0.25, 0.3) is 5.91 Å². The van der Waals surface area contributed by atoms with E-state index < -0.39 is 5.91 Å². The van der Waals surface area contributed by atoms with Crippen molar-refractivity contribution in [1.29, 1.82) is 0 Å². The summed E-state index contributed by atoms with van der Waals surface area (Å²) in [4.78, 5) is 32.0. The molecule has 2 N–H and O–H groups in total. The second-order valence-electron chi connectivity index (χ2n) is 8.41. The largest absolute Gasteiger partial charge is 0.508 e. The number of phenols is 1. The summed E-state index contributed by atoms with van der Waals surface area (Å²) in [5.74, 6) is 1.04. The number of phenolic OH excluding ortho intramolecular Hbond substituents is 1. The van der Waals surface area contributed by atoms with E-state index in [9.17, 15) is 14.7 Å². The first kappa shape index (κ1) is 21.8. The van der Waals surface area contributed by atoms with Crippen molar-refractivity contribution < 1.29 is 24.2 Å². The molecule has 3 heterocycles. The van der Waals surface area contributed by atoms with Gasteiger partial charge in [0.05, 0.1) is 11.6 Å². The molecule has 0 saturated carbocycles. The van der Waals surface area contributed by atoms with Crippen LogP contribution < -0.4 is 14.8 Å². The van der Waals surface area contributed by atoms with Crippen LogP contribution >= 0.6 is 0 Å². The van der Waals surface area contributed by atoms with Gasteiger partial charge in [0.15, 0.2) is 11.5 Å². The standard InChI is InChI=1S/C25H26N4O5/c1-2-21(31)28-11-4-3-7-17(15-28)29-22-19(9-10-20-23(22)34-13-12-33-20)26-25(29)27-24(32)16-6-5-8-18(30)14-16/h2,5-6,8-10,14,17,30H,1,3-4,7,11-13,15H2,(H,26,27,32)/t17-/m1/s1. The van der Waals surface area contributed by atoms with Crippen LogP contribution in [0.15, 0.2) is 49.1 Å². The van der Waals surface area contributed by atoms with Crippen LogP contribution in [0.4, 0.5) is 5.95 Å². The highest BCUT2D eigenvalue weighted by Gasteiger charge is 2.30. The van der Waals surface area contributed by atoms with Gasteiger partial charge in [-0.05, 0) is 55.7 Å². The van der Waals surface area contributed by atoms with Gasteiger partial charge in [0, 0.05) is 18.7 Å². The van der Waals surface area contributed by atoms with Crippen LogP contribution in [-0.2, 0) is 4.79 Å². The number of benzene rings is 2. The van der Waals surface area contributed by atoms with E-state index in [0.717, 1.165) is 24.8 Å². The van der Waals surface area contributed by atoms with E-state index in [0.29, 0.717) is 54.8 Å². The highest BCUT2D eigenvalue weighted by atomic mass is 16.6. The lowest BCUT2D eigenvalue weighted by molar-refractivity contribution is -0.126. The van der Waals surface area contributed by atoms with Crippen molar-refractivity contribution in [2.45, 2.75) is 25.3 Å². The lowest BCUT2D eigenvalue weighted by atomic mass is 10.1. The minimum absolute atomic E-state index is 0.00289. The third-order valence-electron chi connectivity index (χ3n) is 6.19. The van der Waals surface area contributed by atoms with Crippen molar-refractivity contribution in [3.8, 4) is 17.2 Å². The number of hydrogen-bond acceptors (Lipinski definition) is 6. The van der Waals surface area contributed by atoms with Gasteiger partial charge in [0.1, 0.15) is 24.5 Å². The number of carbonyl (C=O) groups is 2. The number of carbonyl (C=O) groups excluding carboxylic acids is 2. The fourth-order valence-electron chi connectivity index (χ4n) is 4.61. The summed E-state index contributed by atoms with van der Waals surface area (Å²) in [6.45, 7) is 5.61. The molecule has 0 bridgehead atoms. The van der Waals surface area contributed by atoms with Crippen LogP contribution in [0.5, 0.6) is 17.2 Å². The molecule has 176 valence electrons. The number of aromatic hydroxyl groups is 1. The van der Waals surface area contributed by atoms with Gasteiger partial charge in [-0.15, -0.1) is 0 Å². The fourth-order valence-corrected chi connectivity index (χ4v) is 4.61. The summed E-state index contributed by atoms with van der Waals surface area (Å²) in [6.07, 6.45) is 3.92. The zero-order valence-electron chi connectivity index (χ0n) is 18.7. The van der Waals surface area contributed by atoms with E-state index in [-0.39, 0.29) is 17.7 Å². The number of nitrogens with zero attached hydrogens (tertiary/aromatic N) is 3. The summed E-state index contributed by atoms with van der Waals surface area (Å²) in [5, 5.41) is 12.7. The third kappa shape index (κ3) is 4.05. The van der Waals surface area contributed by atoms with Gasteiger partial charge in [-0.25, -0.2) is 4.98 Å². The summed E-state index contributed by atoms with van der Waals surface area (Å²) < 4.78 is 13.7. The maximum atomic E-state index is 13.0. The van der Waals surface area contributed by atoms with Crippen LogP contribution in [-0.4, -0.2) is 57.7 Å². The molecule has 1 aromatic heterocycles. The summed E-state index contributed by atoms with van der Waals surface area (Å²) in [6, 6.07) is 9.65. The molecule has 34 heavy (non-hydrogen) atoms. The molecule has 2 aliphatic heterocycles. The summed E-state index contributed by atoms with van der Waals surface area (Å²) >= 11 is 0. The van der Waals surface area contributed by atoms with Gasteiger partial charge in [-0.3, -0.25) is 14.9 Å². The Bertz CT molecular complexity index is 1270. The van der Waals surface area contributed by atoms with E-state index in [4.69, 9.17) is 14.5 Å². The molecule has 1 saturated heterocycles. The second kappa shape index (κ2) is 9.09. The molecule has 3 aromatic rings. The third-order valence-corrected chi connectivity index (χ3v) is 6.19. The number of amides is 2. The normalized spacial score (nSPS) is 17.8. The maximum absolute atomic E-state index is 13.0. The Kier molecular flexibility index (Phi) is 5.83. The Morgan fingerprint density at radius 2 is 2.03 bits per heavy atom. The molecule has 0 unspecified atom stereocenters. The van der Waals surface area contributed by atoms with Crippen LogP contribution in [0.1, 0.15) is 35.7 Å². The number of aromatic nitrogens is 2. The van der Waals surface area contributed by atoms with E-state index >= 15 is 0 Å². The van der Waals surface area contributed by atoms with Gasteiger partial charge >= 0.3 is 0 Å². The monoisotopic (exact) mass is 462 g/mol. The number of anilines is 1. The summed E-state index contributed by atoms with van der Waals surface area (Å²) in [5.41, 5.74) is 1.69. The molecule has 9 nitrogen and oxygen atoms in total. The smallest absolute Gasteiger partial charge is 0.258 e. The molecule has 0 spiro atoms. The molecule has 2 aromatic carbocycles. The zero-order chi connectivity index (χ0) is 23.7. The zero-order valence-corrected chi connectivity index (χ0v) is 18.7. The van der Waals surface area contributed by atoms with Crippen molar-refractivity contribution in [2.75, 3.05) is 31.6 Å². The topological polar surface area (TPSA) is 106 Å². The van der Waals surface area contributed by atoms with Gasteiger partial charge in [-0.2, -0.15) is 0 Å². The molecule has 1 fully saturated rings. The number of fused-ring (bicyclic) bond motifs is 3. The predicted octanol–water partition coefficient (Wildman–Crippen LogP) is 3.51. The van der Waals surface area contributed by atoms with Gasteiger partial charge in [0.2, 0.25) is 11.9 Å². The first-order chi connectivity index (χ1) is 16.5. The molecule has 0 radical (unpaired) electrons. The number of nitrogens with one attached hydrogen (secondary N) is 1. The van der Waals surface area contributed by atoms with Crippen LogP contribution in [0.3, 0.4) is 0 Å². The Hall–Kier alpha value is -4.01. The van der Waals surface area contributed by atoms with E-state index in [1.165, 1.54) is 18.2 Å². The predicted molar refractivity (Wildman–Crippen MR) is 126 cm³/mol.